The zero-order valence-corrected chi connectivity index (χ0v) is 17.1. The molecule has 0 spiro atoms. The van der Waals surface area contributed by atoms with Crippen LogP contribution in [0.25, 0.3) is 32.5 Å². The number of halogens is 1. The maximum absolute atomic E-state index is 6.17. The summed E-state index contributed by atoms with van der Waals surface area (Å²) in [5.41, 5.74) is 6.92. The van der Waals surface area contributed by atoms with Gasteiger partial charge in [0.2, 0.25) is 5.13 Å². The molecule has 0 aliphatic carbocycles. The van der Waals surface area contributed by atoms with E-state index in [4.69, 9.17) is 16.0 Å². The largest absolute Gasteiger partial charge is 0.456 e. The molecule has 0 unspecified atom stereocenters. The molecule has 6 heteroatoms. The number of anilines is 1. The number of nitrogens with zero attached hydrogens (tertiary/aromatic N) is 2. The smallest absolute Gasteiger partial charge is 0.204 e. The average Bonchev–Trinajstić information content (AvgIpc) is 3.15. The van der Waals surface area contributed by atoms with Crippen LogP contribution in [-0.4, -0.2) is 4.98 Å². The van der Waals surface area contributed by atoms with Crippen LogP contribution in [0.3, 0.4) is 0 Å². The summed E-state index contributed by atoms with van der Waals surface area (Å²) in [4.78, 5) is 4.59. The molecule has 0 fully saturated rings. The Hall–Kier alpha value is -3.15. The van der Waals surface area contributed by atoms with Crippen LogP contribution in [0.2, 0.25) is 5.02 Å². The van der Waals surface area contributed by atoms with Gasteiger partial charge in [0.15, 0.2) is 0 Å². The highest BCUT2D eigenvalue weighted by Gasteiger charge is 2.07. The van der Waals surface area contributed by atoms with Crippen molar-refractivity contribution in [2.75, 3.05) is 5.43 Å². The van der Waals surface area contributed by atoms with E-state index in [2.05, 4.69) is 27.6 Å². The highest BCUT2D eigenvalue weighted by atomic mass is 35.5. The van der Waals surface area contributed by atoms with Crippen molar-refractivity contribution >= 4 is 49.3 Å². The lowest BCUT2D eigenvalue weighted by molar-refractivity contribution is 0.618. The van der Waals surface area contributed by atoms with Gasteiger partial charge in [0.1, 0.15) is 11.3 Å². The Morgan fingerprint density at radius 2 is 1.83 bits per heavy atom. The Balaban J connectivity index is 1.64. The van der Waals surface area contributed by atoms with E-state index in [0.717, 1.165) is 48.6 Å². The first kappa shape index (κ1) is 17.9. The number of aryl methyl sites for hydroxylation is 1. The molecule has 0 aliphatic rings. The fraction of sp³-hybridized carbons (Fsp3) is 0.0435. The average molecular weight is 418 g/mol. The summed E-state index contributed by atoms with van der Waals surface area (Å²) in [6.45, 7) is 2.04. The third-order valence-electron chi connectivity index (χ3n) is 4.60. The van der Waals surface area contributed by atoms with E-state index in [0.29, 0.717) is 5.02 Å². The van der Waals surface area contributed by atoms with E-state index in [1.54, 1.807) is 11.3 Å². The molecule has 0 saturated heterocycles. The van der Waals surface area contributed by atoms with Crippen molar-refractivity contribution in [1.29, 1.82) is 0 Å². The van der Waals surface area contributed by atoms with Crippen molar-refractivity contribution in [3.63, 3.8) is 0 Å². The first-order valence-electron chi connectivity index (χ1n) is 9.11. The van der Waals surface area contributed by atoms with E-state index in [1.807, 2.05) is 67.6 Å². The van der Waals surface area contributed by atoms with Crippen LogP contribution in [0.1, 0.15) is 5.56 Å². The van der Waals surface area contributed by atoms with Crippen LogP contribution < -0.4 is 10.8 Å². The van der Waals surface area contributed by atoms with E-state index in [-0.39, 0.29) is 0 Å². The quantitative estimate of drug-likeness (QED) is 0.336. The third-order valence-corrected chi connectivity index (χ3v) is 5.79. The number of benzene rings is 3. The Kier molecular flexibility index (Phi) is 4.54. The summed E-state index contributed by atoms with van der Waals surface area (Å²) < 4.78 is 7.29. The van der Waals surface area contributed by atoms with Gasteiger partial charge in [-0.1, -0.05) is 41.1 Å². The summed E-state index contributed by atoms with van der Waals surface area (Å²) >= 11 is 7.60. The van der Waals surface area contributed by atoms with Crippen LogP contribution >= 0.6 is 22.9 Å². The minimum Gasteiger partial charge on any atom is -0.456 e. The molecule has 4 nitrogen and oxygen atoms in total. The predicted octanol–water partition coefficient (Wildman–Crippen LogP) is 6.60. The Morgan fingerprint density at radius 3 is 2.66 bits per heavy atom. The number of fused-ring (bicyclic) bond motifs is 2. The molecule has 0 saturated carbocycles. The van der Waals surface area contributed by atoms with Gasteiger partial charge < -0.3 is 4.42 Å². The van der Waals surface area contributed by atoms with Crippen LogP contribution in [0, 0.1) is 6.92 Å². The van der Waals surface area contributed by atoms with Gasteiger partial charge in [0.05, 0.1) is 15.6 Å². The lowest BCUT2D eigenvalue weighted by atomic mass is 10.1. The van der Waals surface area contributed by atoms with Gasteiger partial charge in [-0.25, -0.2) is 4.98 Å². The fourth-order valence-corrected chi connectivity index (χ4v) is 4.09. The lowest BCUT2D eigenvalue weighted by Crippen LogP contribution is -2.07. The fourth-order valence-electron chi connectivity index (χ4n) is 3.15. The second-order valence-electron chi connectivity index (χ2n) is 6.71. The second kappa shape index (κ2) is 7.35. The summed E-state index contributed by atoms with van der Waals surface area (Å²) in [6, 6.07) is 23.6. The molecular formula is C23H16ClN3OS. The number of nitrogens with one attached hydrogen (secondary N) is 1. The van der Waals surface area contributed by atoms with Gasteiger partial charge in [0, 0.05) is 22.0 Å². The van der Waals surface area contributed by atoms with Crippen molar-refractivity contribution in [3.8, 4) is 11.3 Å². The molecule has 2 heterocycles. The molecule has 0 radical (unpaired) electrons. The molecule has 5 aromatic rings. The second-order valence-corrected chi connectivity index (χ2v) is 8.18. The van der Waals surface area contributed by atoms with Crippen LogP contribution in [0.15, 0.2) is 82.3 Å². The lowest BCUT2D eigenvalue weighted by Gasteiger charge is -2.06. The number of hydrogen-bond acceptors (Lipinski definition) is 5. The van der Waals surface area contributed by atoms with E-state index in [1.165, 1.54) is 0 Å². The van der Waals surface area contributed by atoms with Crippen molar-refractivity contribution in [2.45, 2.75) is 6.92 Å². The number of aromatic nitrogens is 1. The molecule has 0 bridgehead atoms. The number of hydrogen-bond donors (Lipinski definition) is 1. The minimum atomic E-state index is 0.688. The molecule has 29 heavy (non-hydrogen) atoms. The van der Waals surface area contributed by atoms with Crippen LogP contribution in [0.4, 0.5) is 5.13 Å². The Morgan fingerprint density at radius 1 is 1.00 bits per heavy atom. The minimum absolute atomic E-state index is 0.688. The van der Waals surface area contributed by atoms with Crippen molar-refractivity contribution in [2.24, 2.45) is 5.10 Å². The van der Waals surface area contributed by atoms with Gasteiger partial charge in [-0.05, 0) is 61.0 Å². The molecule has 2 aromatic heterocycles. The summed E-state index contributed by atoms with van der Waals surface area (Å²) in [5.74, 6) is 0.726. The number of rotatable bonds is 3. The van der Waals surface area contributed by atoms with Crippen LogP contribution in [-0.2, 0) is 0 Å². The molecule has 0 aliphatic heterocycles. The SMILES string of the molecule is Cc1ccc2/c(=N/Nc3nc4ccccc4s3)cc(-c3ccc(Cl)cc3)oc2c1. The van der Waals surface area contributed by atoms with Gasteiger partial charge >= 0.3 is 0 Å². The molecule has 142 valence electrons. The van der Waals surface area contributed by atoms with Gasteiger partial charge in [-0.3, -0.25) is 5.43 Å². The summed E-state index contributed by atoms with van der Waals surface area (Å²) in [7, 11) is 0. The highest BCUT2D eigenvalue weighted by Crippen LogP contribution is 2.26. The molecular weight excluding hydrogens is 402 g/mol. The number of thiazole rings is 1. The zero-order valence-electron chi connectivity index (χ0n) is 15.5. The van der Waals surface area contributed by atoms with Gasteiger partial charge in [-0.15, -0.1) is 0 Å². The molecule has 3 aromatic carbocycles. The Bertz CT molecular complexity index is 1370. The molecule has 1 N–H and O–H groups in total. The Labute approximate surface area is 176 Å². The summed E-state index contributed by atoms with van der Waals surface area (Å²) in [6.07, 6.45) is 0. The van der Waals surface area contributed by atoms with E-state index < -0.39 is 0 Å². The van der Waals surface area contributed by atoms with Crippen LogP contribution in [0.5, 0.6) is 0 Å². The standard InChI is InChI=1S/C23H16ClN3OS/c1-14-6-11-17-19(26-27-23-25-18-4-2-3-5-22(18)29-23)13-20(28-21(17)12-14)15-7-9-16(24)10-8-15/h2-13H,1H3,(H,25,27)/b26-19+. The topological polar surface area (TPSA) is 50.4 Å². The van der Waals surface area contributed by atoms with Crippen molar-refractivity contribution in [3.05, 3.63) is 88.7 Å². The normalized spacial score (nSPS) is 12.0. The molecule has 5 rings (SSSR count). The third kappa shape index (κ3) is 3.62. The van der Waals surface area contributed by atoms with Crippen molar-refractivity contribution < 1.29 is 4.42 Å². The maximum Gasteiger partial charge on any atom is 0.204 e. The number of para-hydroxylation sites is 1. The monoisotopic (exact) mass is 417 g/mol. The predicted molar refractivity (Wildman–Crippen MR) is 120 cm³/mol. The molecule has 0 atom stereocenters. The van der Waals surface area contributed by atoms with E-state index >= 15 is 0 Å². The molecule has 0 amide bonds. The van der Waals surface area contributed by atoms with Gasteiger partial charge in [0.25, 0.3) is 0 Å². The van der Waals surface area contributed by atoms with E-state index in [9.17, 15) is 0 Å². The zero-order chi connectivity index (χ0) is 19.8. The maximum atomic E-state index is 6.17. The highest BCUT2D eigenvalue weighted by molar-refractivity contribution is 7.22. The first-order chi connectivity index (χ1) is 14.2. The van der Waals surface area contributed by atoms with Crippen molar-refractivity contribution in [1.82, 2.24) is 4.98 Å². The first-order valence-corrected chi connectivity index (χ1v) is 10.3. The van der Waals surface area contributed by atoms with Gasteiger partial charge in [-0.2, -0.15) is 5.10 Å². The summed E-state index contributed by atoms with van der Waals surface area (Å²) in [5, 5.41) is 7.80.